The van der Waals surface area contributed by atoms with Crippen molar-refractivity contribution in [2.75, 3.05) is 61.2 Å². The molecule has 2 fully saturated rings. The zero-order chi connectivity index (χ0) is 23.2. The van der Waals surface area contributed by atoms with Gasteiger partial charge >= 0.3 is 0 Å². The van der Waals surface area contributed by atoms with Crippen molar-refractivity contribution in [3.63, 3.8) is 0 Å². The second-order valence-electron chi connectivity index (χ2n) is 7.49. The predicted octanol–water partition coefficient (Wildman–Crippen LogP) is 1.77. The van der Waals surface area contributed by atoms with Gasteiger partial charge in [-0.25, -0.2) is 5.43 Å². The summed E-state index contributed by atoms with van der Waals surface area (Å²) < 4.78 is 10.7. The summed E-state index contributed by atoms with van der Waals surface area (Å²) in [5, 5.41) is 25.7. The lowest BCUT2D eigenvalue weighted by Crippen LogP contribution is -2.38. The Hall–Kier alpha value is -3.74. The number of nitrogens with zero attached hydrogens (tertiary/aromatic N) is 7. The highest BCUT2D eigenvalue weighted by molar-refractivity contribution is 5.86. The van der Waals surface area contributed by atoms with Crippen LogP contribution in [0.15, 0.2) is 17.2 Å². The molecule has 0 saturated carbocycles. The topological polar surface area (TPSA) is 151 Å². The minimum Gasteiger partial charge on any atom is -0.504 e. The lowest BCUT2D eigenvalue weighted by molar-refractivity contribution is -0.385. The van der Waals surface area contributed by atoms with Crippen molar-refractivity contribution in [1.82, 2.24) is 15.0 Å². The summed E-state index contributed by atoms with van der Waals surface area (Å²) in [4.78, 5) is 28.4. The molecule has 1 aromatic carbocycles. The number of phenolic OH excluding ortho intramolecular Hbond substituents is 1. The number of nitrogens with one attached hydrogen (secondary N) is 1. The molecule has 4 rings (SSSR count). The molecular formula is C20H26N8O5. The molecule has 0 aliphatic carbocycles. The van der Waals surface area contributed by atoms with E-state index in [9.17, 15) is 15.2 Å². The van der Waals surface area contributed by atoms with E-state index >= 15 is 0 Å². The first-order chi connectivity index (χ1) is 16.0. The van der Waals surface area contributed by atoms with E-state index < -0.39 is 4.92 Å². The second-order valence-corrected chi connectivity index (χ2v) is 7.49. The van der Waals surface area contributed by atoms with Crippen LogP contribution in [0.25, 0.3) is 0 Å². The van der Waals surface area contributed by atoms with E-state index in [1.807, 2.05) is 4.90 Å². The largest absolute Gasteiger partial charge is 0.504 e. The molecule has 2 aromatic rings. The SMILES string of the molecule is CCOc1cc([N+](=O)[O-])cc(C=NNc2nc(N3CCCC3)nc(N3CCOCC3)n2)c1O. The Labute approximate surface area is 190 Å². The van der Waals surface area contributed by atoms with Crippen LogP contribution in [0.2, 0.25) is 0 Å². The number of rotatable bonds is 8. The maximum Gasteiger partial charge on any atom is 0.274 e. The van der Waals surface area contributed by atoms with Crippen molar-refractivity contribution in [3.05, 3.63) is 27.8 Å². The zero-order valence-electron chi connectivity index (χ0n) is 18.3. The molecule has 2 aliphatic heterocycles. The van der Waals surface area contributed by atoms with E-state index in [1.54, 1.807) is 6.92 Å². The lowest BCUT2D eigenvalue weighted by Gasteiger charge is -2.27. The first kappa shape index (κ1) is 22.5. The number of hydrogen-bond acceptors (Lipinski definition) is 12. The number of non-ortho nitro benzene ring substituents is 1. The third kappa shape index (κ3) is 5.37. The van der Waals surface area contributed by atoms with Gasteiger partial charge < -0.3 is 24.4 Å². The average molecular weight is 458 g/mol. The van der Waals surface area contributed by atoms with Crippen LogP contribution in [0.4, 0.5) is 23.5 Å². The Kier molecular flexibility index (Phi) is 6.98. The molecule has 3 heterocycles. The van der Waals surface area contributed by atoms with Gasteiger partial charge in [0.15, 0.2) is 11.5 Å². The Balaban J connectivity index is 1.59. The smallest absolute Gasteiger partial charge is 0.274 e. The number of nitro benzene ring substituents is 1. The number of morpholine rings is 1. The van der Waals surface area contributed by atoms with Gasteiger partial charge in [-0.1, -0.05) is 0 Å². The molecule has 13 heteroatoms. The highest BCUT2D eigenvalue weighted by Crippen LogP contribution is 2.34. The highest BCUT2D eigenvalue weighted by atomic mass is 16.6. The number of hydrogen-bond donors (Lipinski definition) is 2. The number of hydrazone groups is 1. The third-order valence-corrected chi connectivity index (χ3v) is 5.26. The van der Waals surface area contributed by atoms with Gasteiger partial charge in [0.25, 0.3) is 5.69 Å². The van der Waals surface area contributed by atoms with E-state index in [2.05, 4.69) is 30.4 Å². The van der Waals surface area contributed by atoms with E-state index in [0.717, 1.165) is 25.9 Å². The van der Waals surface area contributed by atoms with Crippen LogP contribution in [-0.2, 0) is 4.74 Å². The van der Waals surface area contributed by atoms with Gasteiger partial charge in [0.1, 0.15) is 0 Å². The van der Waals surface area contributed by atoms with Gasteiger partial charge in [0.05, 0.1) is 37.0 Å². The molecule has 13 nitrogen and oxygen atoms in total. The van der Waals surface area contributed by atoms with Gasteiger partial charge in [-0.05, 0) is 19.8 Å². The Morgan fingerprint density at radius 1 is 1.18 bits per heavy atom. The van der Waals surface area contributed by atoms with E-state index in [1.165, 1.54) is 18.3 Å². The number of nitro groups is 1. The van der Waals surface area contributed by atoms with Crippen LogP contribution in [-0.4, -0.2) is 77.2 Å². The lowest BCUT2D eigenvalue weighted by atomic mass is 10.1. The third-order valence-electron chi connectivity index (χ3n) is 5.26. The second kappa shape index (κ2) is 10.3. The highest BCUT2D eigenvalue weighted by Gasteiger charge is 2.21. The number of benzene rings is 1. The fourth-order valence-electron chi connectivity index (χ4n) is 3.61. The Bertz CT molecular complexity index is 1020. The molecule has 2 aliphatic rings. The van der Waals surface area contributed by atoms with Crippen LogP contribution in [0.1, 0.15) is 25.3 Å². The van der Waals surface area contributed by atoms with Crippen LogP contribution in [0.5, 0.6) is 11.5 Å². The molecule has 0 spiro atoms. The van der Waals surface area contributed by atoms with Crippen molar-refractivity contribution < 1.29 is 19.5 Å². The summed E-state index contributed by atoms with van der Waals surface area (Å²) in [5.74, 6) is 1.11. The molecule has 0 bridgehead atoms. The number of ether oxygens (including phenoxy) is 2. The Morgan fingerprint density at radius 2 is 1.85 bits per heavy atom. The summed E-state index contributed by atoms with van der Waals surface area (Å²) in [7, 11) is 0. The maximum absolute atomic E-state index is 11.2. The van der Waals surface area contributed by atoms with Crippen LogP contribution < -0.4 is 20.0 Å². The summed E-state index contributed by atoms with van der Waals surface area (Å²) in [6.45, 7) is 6.26. The average Bonchev–Trinajstić information content (AvgIpc) is 3.37. The quantitative estimate of drug-likeness (QED) is 0.338. The molecule has 33 heavy (non-hydrogen) atoms. The molecule has 0 radical (unpaired) electrons. The van der Waals surface area contributed by atoms with Crippen molar-refractivity contribution in [3.8, 4) is 11.5 Å². The number of anilines is 3. The van der Waals surface area contributed by atoms with Crippen LogP contribution in [0, 0.1) is 10.1 Å². The number of phenols is 1. The minimum absolute atomic E-state index is 0.0132. The van der Waals surface area contributed by atoms with Gasteiger partial charge in [0, 0.05) is 37.8 Å². The van der Waals surface area contributed by atoms with E-state index in [-0.39, 0.29) is 35.3 Å². The summed E-state index contributed by atoms with van der Waals surface area (Å²) in [6.07, 6.45) is 3.42. The fourth-order valence-corrected chi connectivity index (χ4v) is 3.61. The first-order valence-electron chi connectivity index (χ1n) is 10.8. The molecule has 176 valence electrons. The van der Waals surface area contributed by atoms with Crippen molar-refractivity contribution in [2.45, 2.75) is 19.8 Å². The molecule has 0 amide bonds. The normalized spacial score (nSPS) is 16.4. The zero-order valence-corrected chi connectivity index (χ0v) is 18.3. The molecule has 2 saturated heterocycles. The Morgan fingerprint density at radius 3 is 2.48 bits per heavy atom. The minimum atomic E-state index is -0.560. The van der Waals surface area contributed by atoms with E-state index in [4.69, 9.17) is 9.47 Å². The van der Waals surface area contributed by atoms with Gasteiger partial charge in [-0.15, -0.1) is 0 Å². The number of aromatic hydroxyl groups is 1. The maximum atomic E-state index is 11.2. The fraction of sp³-hybridized carbons (Fsp3) is 0.500. The molecule has 1 aromatic heterocycles. The van der Waals surface area contributed by atoms with Crippen LogP contribution in [0.3, 0.4) is 0 Å². The standard InChI is InChI=1S/C20H26N8O5/c1-2-33-16-12-15(28(30)31)11-14(17(16)29)13-21-25-18-22-19(26-5-3-4-6-26)24-20(23-18)27-7-9-32-10-8-27/h11-13,29H,2-10H2,1H3,(H,22,23,24,25). The summed E-state index contributed by atoms with van der Waals surface area (Å²) >= 11 is 0. The van der Waals surface area contributed by atoms with Crippen molar-refractivity contribution in [1.29, 1.82) is 0 Å². The summed E-state index contributed by atoms with van der Waals surface area (Å²) in [6, 6.07) is 2.39. The first-order valence-corrected chi connectivity index (χ1v) is 10.8. The van der Waals surface area contributed by atoms with E-state index in [0.29, 0.717) is 38.2 Å². The van der Waals surface area contributed by atoms with Crippen molar-refractivity contribution >= 4 is 29.7 Å². The van der Waals surface area contributed by atoms with Gasteiger partial charge in [0.2, 0.25) is 17.8 Å². The monoisotopic (exact) mass is 458 g/mol. The molecule has 2 N–H and O–H groups in total. The van der Waals surface area contributed by atoms with Crippen molar-refractivity contribution in [2.24, 2.45) is 5.10 Å². The summed E-state index contributed by atoms with van der Waals surface area (Å²) in [5.41, 5.74) is 2.67. The molecular weight excluding hydrogens is 432 g/mol. The molecule has 0 unspecified atom stereocenters. The van der Waals surface area contributed by atoms with Crippen LogP contribution >= 0.6 is 0 Å². The van der Waals surface area contributed by atoms with Gasteiger partial charge in [-0.2, -0.15) is 20.1 Å². The molecule has 0 atom stereocenters. The van der Waals surface area contributed by atoms with Gasteiger partial charge in [-0.3, -0.25) is 10.1 Å². The number of aromatic nitrogens is 3. The predicted molar refractivity (Wildman–Crippen MR) is 121 cm³/mol.